The monoisotopic (exact) mass is 707 g/mol. The maximum absolute atomic E-state index is 13.7. The standard InChI is InChI=1S/C29H28F7N5O6S/c1-14-18(28(31,32)33)13-37-25(46-19-10-11-20(30)38-15(19)2)21(14)23(42)39-16-8-7-9-17(12-16)48(6,45)41-24(43)22(29(34,35)36)40-26(44)47-27(3,4)5/h7-13,22H,1-6H3,(H,39,42)(H,40,44)/t22?,48-/m1/s1. The van der Waals surface area contributed by atoms with Gasteiger partial charge < -0.3 is 20.1 Å². The molecular weight excluding hydrogens is 679 g/mol. The van der Waals surface area contributed by atoms with E-state index in [4.69, 9.17) is 9.47 Å². The van der Waals surface area contributed by atoms with Crippen LogP contribution in [0.2, 0.25) is 0 Å². The molecule has 2 aromatic heterocycles. The van der Waals surface area contributed by atoms with E-state index in [9.17, 15) is 49.3 Å². The van der Waals surface area contributed by atoms with Gasteiger partial charge in [0.1, 0.15) is 11.2 Å². The molecule has 0 aliphatic rings. The smallest absolute Gasteiger partial charge is 0.418 e. The van der Waals surface area contributed by atoms with E-state index in [1.165, 1.54) is 45.1 Å². The van der Waals surface area contributed by atoms with Crippen LogP contribution in [0.3, 0.4) is 0 Å². The van der Waals surface area contributed by atoms with Gasteiger partial charge in [0.25, 0.3) is 11.8 Å². The molecule has 1 unspecified atom stereocenters. The van der Waals surface area contributed by atoms with Gasteiger partial charge in [-0.1, -0.05) is 6.07 Å². The minimum absolute atomic E-state index is 0.0153. The van der Waals surface area contributed by atoms with Crippen LogP contribution in [0.15, 0.2) is 51.9 Å². The van der Waals surface area contributed by atoms with Gasteiger partial charge in [0.15, 0.2) is 5.75 Å². The van der Waals surface area contributed by atoms with Gasteiger partial charge in [-0.2, -0.15) is 35.1 Å². The van der Waals surface area contributed by atoms with Crippen LogP contribution in [0, 0.1) is 19.8 Å². The third-order valence-corrected chi connectivity index (χ3v) is 7.73. The zero-order valence-corrected chi connectivity index (χ0v) is 26.8. The number of pyridine rings is 2. The van der Waals surface area contributed by atoms with Gasteiger partial charge in [0.2, 0.25) is 17.9 Å². The molecule has 2 heterocycles. The third-order valence-electron chi connectivity index (χ3n) is 6.07. The van der Waals surface area contributed by atoms with Crippen molar-refractivity contribution >= 4 is 33.3 Å². The second-order valence-corrected chi connectivity index (χ2v) is 13.4. The van der Waals surface area contributed by atoms with Crippen molar-refractivity contribution in [1.29, 1.82) is 0 Å². The molecule has 3 rings (SSSR count). The number of halogens is 7. The van der Waals surface area contributed by atoms with E-state index in [1.54, 1.807) is 0 Å². The first-order chi connectivity index (χ1) is 21.9. The highest BCUT2D eigenvalue weighted by Gasteiger charge is 2.47. The summed E-state index contributed by atoms with van der Waals surface area (Å²) in [6.45, 7) is 6.42. The Kier molecular flexibility index (Phi) is 10.8. The summed E-state index contributed by atoms with van der Waals surface area (Å²) in [5.74, 6) is -4.84. The van der Waals surface area contributed by atoms with E-state index in [0.717, 1.165) is 37.4 Å². The number of nitrogens with zero attached hydrogens (tertiary/aromatic N) is 3. The first-order valence-corrected chi connectivity index (χ1v) is 15.4. The molecule has 0 saturated carbocycles. The van der Waals surface area contributed by atoms with Crippen molar-refractivity contribution < 1.29 is 58.8 Å². The van der Waals surface area contributed by atoms with E-state index < -0.39 is 80.2 Å². The number of hydrogen-bond donors (Lipinski definition) is 2. The molecular formula is C29H28F7N5O6S. The topological polar surface area (TPSA) is 149 Å². The van der Waals surface area contributed by atoms with E-state index in [-0.39, 0.29) is 22.0 Å². The fourth-order valence-electron chi connectivity index (χ4n) is 3.93. The first-order valence-electron chi connectivity index (χ1n) is 13.5. The minimum Gasteiger partial charge on any atom is -0.444 e. The largest absolute Gasteiger partial charge is 0.444 e. The Bertz CT molecular complexity index is 1870. The number of aromatic nitrogens is 2. The van der Waals surface area contributed by atoms with Crippen LogP contribution in [0.4, 0.5) is 41.2 Å². The van der Waals surface area contributed by atoms with Crippen molar-refractivity contribution in [1.82, 2.24) is 15.3 Å². The van der Waals surface area contributed by atoms with Crippen LogP contribution in [0.1, 0.15) is 48.0 Å². The molecule has 0 fully saturated rings. The lowest BCUT2D eigenvalue weighted by atomic mass is 10.0. The average molecular weight is 708 g/mol. The summed E-state index contributed by atoms with van der Waals surface area (Å²) in [7, 11) is -3.99. The molecule has 0 bridgehead atoms. The van der Waals surface area contributed by atoms with Crippen LogP contribution in [0.25, 0.3) is 0 Å². The van der Waals surface area contributed by atoms with Crippen LogP contribution in [0.5, 0.6) is 11.6 Å². The predicted molar refractivity (Wildman–Crippen MR) is 156 cm³/mol. The zero-order valence-electron chi connectivity index (χ0n) is 26.0. The van der Waals surface area contributed by atoms with Gasteiger partial charge in [0, 0.05) is 23.0 Å². The fraction of sp³-hybridized carbons (Fsp3) is 0.345. The normalized spacial score (nSPS) is 13.9. The lowest BCUT2D eigenvalue weighted by Gasteiger charge is -2.23. The Morgan fingerprint density at radius 2 is 1.65 bits per heavy atom. The Morgan fingerprint density at radius 3 is 2.21 bits per heavy atom. The summed E-state index contributed by atoms with van der Waals surface area (Å²) < 4.78 is 122. The quantitative estimate of drug-likeness (QED) is 0.203. The highest BCUT2D eigenvalue weighted by atomic mass is 32.2. The molecule has 3 amide bonds. The number of carbonyl (C=O) groups is 3. The molecule has 48 heavy (non-hydrogen) atoms. The molecule has 1 aromatic carbocycles. The molecule has 19 heteroatoms. The Morgan fingerprint density at radius 1 is 1.00 bits per heavy atom. The summed E-state index contributed by atoms with van der Waals surface area (Å²) in [5.41, 5.74) is -4.04. The summed E-state index contributed by atoms with van der Waals surface area (Å²) >= 11 is 0. The number of anilines is 1. The number of amides is 3. The molecule has 0 radical (unpaired) electrons. The van der Waals surface area contributed by atoms with Gasteiger partial charge in [-0.05, 0) is 70.5 Å². The lowest BCUT2D eigenvalue weighted by molar-refractivity contribution is -0.165. The Hall–Kier alpha value is -4.81. The molecule has 2 atom stereocenters. The fourth-order valence-corrected chi connectivity index (χ4v) is 5.16. The van der Waals surface area contributed by atoms with Crippen molar-refractivity contribution in [3.05, 3.63) is 70.9 Å². The van der Waals surface area contributed by atoms with Gasteiger partial charge >= 0.3 is 18.4 Å². The van der Waals surface area contributed by atoms with Gasteiger partial charge in [-0.3, -0.25) is 9.59 Å². The van der Waals surface area contributed by atoms with E-state index in [0.29, 0.717) is 6.20 Å². The minimum atomic E-state index is -5.36. The molecule has 0 aliphatic heterocycles. The van der Waals surface area contributed by atoms with Crippen molar-refractivity contribution in [2.24, 2.45) is 4.36 Å². The molecule has 260 valence electrons. The van der Waals surface area contributed by atoms with Gasteiger partial charge in [0.05, 0.1) is 21.0 Å². The van der Waals surface area contributed by atoms with Crippen molar-refractivity contribution in [3.8, 4) is 11.6 Å². The predicted octanol–water partition coefficient (Wildman–Crippen LogP) is 6.73. The van der Waals surface area contributed by atoms with Crippen molar-refractivity contribution in [2.75, 3.05) is 11.6 Å². The van der Waals surface area contributed by atoms with Gasteiger partial charge in [-0.25, -0.2) is 19.0 Å². The summed E-state index contributed by atoms with van der Waals surface area (Å²) in [6.07, 6.45) is -10.6. The number of nitrogens with one attached hydrogen (secondary N) is 2. The summed E-state index contributed by atoms with van der Waals surface area (Å²) in [5, 5.41) is 3.64. The molecule has 0 spiro atoms. The number of rotatable bonds is 7. The van der Waals surface area contributed by atoms with Gasteiger partial charge in [-0.15, -0.1) is 0 Å². The van der Waals surface area contributed by atoms with Crippen LogP contribution in [-0.2, 0) is 25.4 Å². The number of ether oxygens (including phenoxy) is 2. The number of carbonyl (C=O) groups excluding carboxylic acids is 3. The highest BCUT2D eigenvalue weighted by Crippen LogP contribution is 2.37. The zero-order chi connectivity index (χ0) is 36.4. The third kappa shape index (κ3) is 9.61. The second-order valence-electron chi connectivity index (χ2n) is 11.1. The van der Waals surface area contributed by atoms with Crippen molar-refractivity contribution in [2.45, 2.75) is 63.5 Å². The van der Waals surface area contributed by atoms with Crippen LogP contribution in [-0.4, -0.2) is 56.2 Å². The molecule has 11 nitrogen and oxygen atoms in total. The average Bonchev–Trinajstić information content (AvgIpc) is 2.91. The number of hydrogen-bond acceptors (Lipinski definition) is 8. The Labute approximate surface area is 269 Å². The Balaban J connectivity index is 1.99. The van der Waals surface area contributed by atoms with E-state index in [1.807, 2.05) is 0 Å². The number of benzene rings is 1. The molecule has 2 N–H and O–H groups in total. The van der Waals surface area contributed by atoms with E-state index >= 15 is 0 Å². The SMILES string of the molecule is Cc1nc(F)ccc1Oc1ncc(C(F)(F)F)c(C)c1C(=O)Nc1cccc([S@@](C)(=O)=NC(=O)C(NC(=O)OC(C)(C)C)C(F)(F)F)c1. The molecule has 3 aromatic rings. The lowest BCUT2D eigenvalue weighted by Crippen LogP contribution is -2.51. The van der Waals surface area contributed by atoms with Crippen molar-refractivity contribution in [3.63, 3.8) is 0 Å². The molecule has 0 aliphatic carbocycles. The molecule has 0 saturated heterocycles. The van der Waals surface area contributed by atoms with E-state index in [2.05, 4.69) is 19.6 Å². The second kappa shape index (κ2) is 13.7. The number of alkyl carbamates (subject to hydrolysis) is 1. The number of aryl methyl sites for hydroxylation is 1. The van der Waals surface area contributed by atoms with Crippen LogP contribution >= 0.6 is 0 Å². The first kappa shape index (κ1) is 37.6. The van der Waals surface area contributed by atoms with Crippen LogP contribution < -0.4 is 15.4 Å². The number of alkyl halides is 6. The maximum Gasteiger partial charge on any atom is 0.418 e. The summed E-state index contributed by atoms with van der Waals surface area (Å²) in [4.78, 5) is 44.7. The maximum atomic E-state index is 13.7. The summed E-state index contributed by atoms with van der Waals surface area (Å²) in [6, 6.07) is 3.26. The highest BCUT2D eigenvalue weighted by molar-refractivity contribution is 7.93.